The first kappa shape index (κ1) is 15.0. The van der Waals surface area contributed by atoms with Crippen LogP contribution in [0.1, 0.15) is 36.6 Å². The van der Waals surface area contributed by atoms with Crippen molar-refractivity contribution in [2.75, 3.05) is 20.3 Å². The molecule has 0 aromatic carbocycles. The third-order valence-corrected chi connectivity index (χ3v) is 4.58. The molecule has 6 heteroatoms. The van der Waals surface area contributed by atoms with E-state index in [9.17, 15) is 4.79 Å². The van der Waals surface area contributed by atoms with Gasteiger partial charge in [0.05, 0.1) is 13.2 Å². The van der Waals surface area contributed by atoms with Crippen LogP contribution in [0.25, 0.3) is 0 Å². The third kappa shape index (κ3) is 3.37. The average Bonchev–Trinajstić information content (AvgIpc) is 2.95. The molecule has 1 saturated heterocycles. The smallest absolute Gasteiger partial charge is 0.254 e. The average molecular weight is 295 g/mol. The minimum absolute atomic E-state index is 0.0523. The highest BCUT2D eigenvalue weighted by molar-refractivity contribution is 7.12. The topological polar surface area (TPSA) is 62.7 Å². The molecule has 5 nitrogen and oxygen atoms in total. The van der Waals surface area contributed by atoms with Crippen molar-refractivity contribution in [3.8, 4) is 0 Å². The maximum Gasteiger partial charge on any atom is 0.254 e. The van der Waals surface area contributed by atoms with Crippen molar-refractivity contribution < 1.29 is 9.53 Å². The number of carbonyl (C=O) groups is 1. The summed E-state index contributed by atoms with van der Waals surface area (Å²) in [5.74, 6) is 0.478. The minimum Gasteiger partial charge on any atom is -0.383 e. The number of rotatable bonds is 4. The van der Waals surface area contributed by atoms with Gasteiger partial charge in [-0.05, 0) is 17.5 Å². The quantitative estimate of drug-likeness (QED) is 0.833. The van der Waals surface area contributed by atoms with Crippen molar-refractivity contribution in [2.45, 2.75) is 32.2 Å². The zero-order valence-corrected chi connectivity index (χ0v) is 13.1. The molecule has 1 atom stereocenters. The highest BCUT2D eigenvalue weighted by Crippen LogP contribution is 2.33. The number of carbonyl (C=O) groups excluding carboxylic acids is 1. The van der Waals surface area contributed by atoms with Gasteiger partial charge in [0.2, 0.25) is 0 Å². The zero-order chi connectivity index (χ0) is 14.8. The zero-order valence-electron chi connectivity index (χ0n) is 12.3. The molecule has 1 fully saturated rings. The van der Waals surface area contributed by atoms with Crippen molar-refractivity contribution in [3.63, 3.8) is 0 Å². The molecular weight excluding hydrogens is 274 g/mol. The molecule has 2 N–H and O–H groups in total. The van der Waals surface area contributed by atoms with Gasteiger partial charge in [0.25, 0.3) is 5.91 Å². The van der Waals surface area contributed by atoms with E-state index in [4.69, 9.17) is 4.74 Å². The van der Waals surface area contributed by atoms with Crippen LogP contribution in [-0.2, 0) is 14.9 Å². The highest BCUT2D eigenvalue weighted by atomic mass is 32.1. The second-order valence-electron chi connectivity index (χ2n) is 5.74. The Balaban J connectivity index is 2.08. The van der Waals surface area contributed by atoms with E-state index >= 15 is 0 Å². The van der Waals surface area contributed by atoms with Gasteiger partial charge in [0.15, 0.2) is 5.96 Å². The Bertz CT molecular complexity index is 517. The Morgan fingerprint density at radius 1 is 1.40 bits per heavy atom. The van der Waals surface area contributed by atoms with E-state index in [-0.39, 0.29) is 17.4 Å². The van der Waals surface area contributed by atoms with Crippen LogP contribution in [-0.4, -0.2) is 32.1 Å². The Hall–Kier alpha value is -1.40. The van der Waals surface area contributed by atoms with Crippen LogP contribution in [0, 0.1) is 0 Å². The number of thiophene rings is 1. The van der Waals surface area contributed by atoms with Gasteiger partial charge < -0.3 is 10.1 Å². The predicted octanol–water partition coefficient (Wildman–Crippen LogP) is 1.81. The van der Waals surface area contributed by atoms with Crippen LogP contribution in [0.5, 0.6) is 0 Å². The van der Waals surface area contributed by atoms with Crippen LogP contribution < -0.4 is 10.6 Å². The molecule has 2 heterocycles. The lowest BCUT2D eigenvalue weighted by atomic mass is 9.95. The first-order valence-electron chi connectivity index (χ1n) is 6.63. The van der Waals surface area contributed by atoms with Crippen LogP contribution in [0.3, 0.4) is 0 Å². The number of guanidine groups is 1. The molecule has 0 radical (unpaired) electrons. The lowest BCUT2D eigenvalue weighted by Crippen LogP contribution is -2.26. The predicted molar refractivity (Wildman–Crippen MR) is 81.2 cm³/mol. The maximum absolute atomic E-state index is 12.0. The summed E-state index contributed by atoms with van der Waals surface area (Å²) in [7, 11) is 1.63. The van der Waals surface area contributed by atoms with Gasteiger partial charge in [-0.15, -0.1) is 11.3 Å². The largest absolute Gasteiger partial charge is 0.383 e. The summed E-state index contributed by atoms with van der Waals surface area (Å²) in [6, 6.07) is 3.77. The van der Waals surface area contributed by atoms with E-state index in [1.807, 2.05) is 6.07 Å². The Labute approximate surface area is 123 Å². The maximum atomic E-state index is 12.0. The van der Waals surface area contributed by atoms with E-state index in [2.05, 4.69) is 42.5 Å². The van der Waals surface area contributed by atoms with Crippen molar-refractivity contribution in [1.29, 1.82) is 0 Å². The lowest BCUT2D eigenvalue weighted by molar-refractivity contribution is -0.120. The van der Waals surface area contributed by atoms with Crippen LogP contribution in [0.2, 0.25) is 0 Å². The molecule has 1 amide bonds. The first-order valence-corrected chi connectivity index (χ1v) is 7.44. The summed E-state index contributed by atoms with van der Waals surface area (Å²) in [6.45, 7) is 7.58. The van der Waals surface area contributed by atoms with E-state index in [1.54, 1.807) is 18.4 Å². The molecule has 110 valence electrons. The fourth-order valence-corrected chi connectivity index (χ4v) is 2.99. The molecule has 20 heavy (non-hydrogen) atoms. The molecule has 1 aromatic heterocycles. The van der Waals surface area contributed by atoms with Crippen LogP contribution in [0.15, 0.2) is 17.1 Å². The molecular formula is C14H21N3O2S. The molecule has 1 unspecified atom stereocenters. The van der Waals surface area contributed by atoms with E-state index in [0.29, 0.717) is 19.1 Å². The minimum atomic E-state index is -0.336. The molecule has 1 aromatic rings. The lowest BCUT2D eigenvalue weighted by Gasteiger charge is -2.15. The van der Waals surface area contributed by atoms with Gasteiger partial charge in [0, 0.05) is 16.9 Å². The summed E-state index contributed by atoms with van der Waals surface area (Å²) in [4.78, 5) is 18.5. The van der Waals surface area contributed by atoms with E-state index in [1.165, 1.54) is 4.88 Å². The molecule has 1 aliphatic heterocycles. The fourth-order valence-electron chi connectivity index (χ4n) is 1.87. The van der Waals surface area contributed by atoms with Crippen molar-refractivity contribution >= 4 is 23.2 Å². The number of amides is 1. The number of ether oxygens (including phenoxy) is 1. The van der Waals surface area contributed by atoms with Gasteiger partial charge in [-0.3, -0.25) is 15.1 Å². The molecule has 0 spiro atoms. The second-order valence-corrected chi connectivity index (χ2v) is 6.86. The van der Waals surface area contributed by atoms with Crippen LogP contribution in [0.4, 0.5) is 0 Å². The summed E-state index contributed by atoms with van der Waals surface area (Å²) >= 11 is 1.67. The summed E-state index contributed by atoms with van der Waals surface area (Å²) in [6.07, 6.45) is 0. The first-order chi connectivity index (χ1) is 9.41. The summed E-state index contributed by atoms with van der Waals surface area (Å²) in [5.41, 5.74) is 0.105. The number of nitrogens with zero attached hydrogens (tertiary/aromatic N) is 1. The van der Waals surface area contributed by atoms with Crippen molar-refractivity contribution in [2.24, 2.45) is 4.99 Å². The standard InChI is InChI=1S/C14H21N3O2S/c1-14(2,3)10-6-5-9(20-10)11-12(18)17-13(16-11)15-7-8-19-4/h5-6,11H,7-8H2,1-4H3,(H2,15,16,17,18). The number of hydrogen-bond acceptors (Lipinski definition) is 4. The van der Waals surface area contributed by atoms with Gasteiger partial charge in [-0.25, -0.2) is 0 Å². The molecule has 0 saturated carbocycles. The molecule has 0 bridgehead atoms. The summed E-state index contributed by atoms with van der Waals surface area (Å²) in [5, 5.41) is 5.89. The van der Waals surface area contributed by atoms with Crippen molar-refractivity contribution in [1.82, 2.24) is 10.6 Å². The molecule has 1 aliphatic rings. The number of nitrogens with one attached hydrogen (secondary N) is 2. The number of methoxy groups -OCH3 is 1. The highest BCUT2D eigenvalue weighted by Gasteiger charge is 2.31. The Morgan fingerprint density at radius 3 is 2.75 bits per heavy atom. The van der Waals surface area contributed by atoms with Gasteiger partial charge in [-0.1, -0.05) is 20.8 Å². The summed E-state index contributed by atoms with van der Waals surface area (Å²) < 4.78 is 4.94. The van der Waals surface area contributed by atoms with Crippen LogP contribution >= 0.6 is 11.3 Å². The number of hydrogen-bond donors (Lipinski definition) is 2. The Kier molecular flexibility index (Phi) is 4.45. The molecule has 2 rings (SSSR count). The van der Waals surface area contributed by atoms with Gasteiger partial charge >= 0.3 is 0 Å². The van der Waals surface area contributed by atoms with Gasteiger partial charge in [-0.2, -0.15) is 0 Å². The normalized spacial score (nSPS) is 21.1. The molecule has 0 aliphatic carbocycles. The van der Waals surface area contributed by atoms with Crippen molar-refractivity contribution in [3.05, 3.63) is 21.9 Å². The van der Waals surface area contributed by atoms with E-state index < -0.39 is 0 Å². The second kappa shape index (κ2) is 5.93. The SMILES string of the molecule is COCCN=C1NC(=O)C(c2ccc(C(C)(C)C)s2)N1. The monoisotopic (exact) mass is 295 g/mol. The third-order valence-electron chi connectivity index (χ3n) is 3.00. The Morgan fingerprint density at radius 2 is 2.15 bits per heavy atom. The van der Waals surface area contributed by atoms with E-state index in [0.717, 1.165) is 4.88 Å². The van der Waals surface area contributed by atoms with Gasteiger partial charge in [0.1, 0.15) is 6.04 Å². The fraction of sp³-hybridized carbons (Fsp3) is 0.571. The number of aliphatic imine (C=N–C) groups is 1.